The van der Waals surface area contributed by atoms with Crippen LogP contribution in [0.2, 0.25) is 0 Å². The van der Waals surface area contributed by atoms with E-state index in [0.717, 1.165) is 0 Å². The average molecular weight is 350 g/mol. The van der Waals surface area contributed by atoms with E-state index >= 15 is 0 Å². The molecule has 1 amide bonds. The standard InChI is InChI=1S/C17H16F2N2O4/c18-17(19)25-12-6-4-11(5-7-12)21-15(22)10-20-13-2-1-3-14-16(13)24-9-8-23-14/h1-7,17,20H,8-10H2,(H,21,22). The highest BCUT2D eigenvalue weighted by atomic mass is 19.3. The molecule has 2 N–H and O–H groups in total. The largest absolute Gasteiger partial charge is 0.486 e. The number of para-hydroxylation sites is 1. The van der Waals surface area contributed by atoms with Crippen molar-refractivity contribution in [2.75, 3.05) is 30.4 Å². The Labute approximate surface area is 142 Å². The third-order valence-electron chi connectivity index (χ3n) is 3.37. The summed E-state index contributed by atoms with van der Waals surface area (Å²) in [7, 11) is 0. The van der Waals surface area contributed by atoms with Crippen molar-refractivity contribution in [2.45, 2.75) is 6.61 Å². The first kappa shape index (κ1) is 16.8. The fourth-order valence-electron chi connectivity index (χ4n) is 2.31. The van der Waals surface area contributed by atoms with Crippen LogP contribution in [-0.2, 0) is 4.79 Å². The van der Waals surface area contributed by atoms with Crippen LogP contribution < -0.4 is 24.8 Å². The van der Waals surface area contributed by atoms with Crippen molar-refractivity contribution < 1.29 is 27.8 Å². The number of rotatable bonds is 6. The SMILES string of the molecule is O=C(CNc1cccc2c1OCCO2)Nc1ccc(OC(F)F)cc1. The van der Waals surface area contributed by atoms with E-state index in [4.69, 9.17) is 9.47 Å². The second kappa shape index (κ2) is 7.69. The highest BCUT2D eigenvalue weighted by Crippen LogP contribution is 2.37. The number of nitrogens with one attached hydrogen (secondary N) is 2. The van der Waals surface area contributed by atoms with E-state index in [9.17, 15) is 13.6 Å². The number of carbonyl (C=O) groups excluding carboxylic acids is 1. The minimum absolute atomic E-state index is 0.00903. The Kier molecular flexibility index (Phi) is 5.17. The summed E-state index contributed by atoms with van der Waals surface area (Å²) in [5.41, 5.74) is 1.14. The van der Waals surface area contributed by atoms with Gasteiger partial charge >= 0.3 is 6.61 Å². The summed E-state index contributed by atoms with van der Waals surface area (Å²) >= 11 is 0. The normalized spacial score (nSPS) is 12.6. The molecule has 1 aliphatic rings. The zero-order valence-electron chi connectivity index (χ0n) is 13.1. The van der Waals surface area contributed by atoms with Crippen molar-refractivity contribution in [1.82, 2.24) is 0 Å². The number of fused-ring (bicyclic) bond motifs is 1. The summed E-state index contributed by atoms with van der Waals surface area (Å²) in [5.74, 6) is 0.942. The fraction of sp³-hybridized carbons (Fsp3) is 0.235. The minimum Gasteiger partial charge on any atom is -0.486 e. The molecule has 0 saturated heterocycles. The van der Waals surface area contributed by atoms with Crippen LogP contribution >= 0.6 is 0 Å². The predicted octanol–water partition coefficient (Wildman–Crippen LogP) is 3.11. The molecule has 0 spiro atoms. The third-order valence-corrected chi connectivity index (χ3v) is 3.37. The zero-order chi connectivity index (χ0) is 17.6. The zero-order valence-corrected chi connectivity index (χ0v) is 13.1. The quantitative estimate of drug-likeness (QED) is 0.838. The lowest BCUT2D eigenvalue weighted by Crippen LogP contribution is -2.23. The first-order valence-corrected chi connectivity index (χ1v) is 7.59. The topological polar surface area (TPSA) is 68.8 Å². The highest BCUT2D eigenvalue weighted by molar-refractivity contribution is 5.94. The van der Waals surface area contributed by atoms with Crippen LogP contribution in [0.5, 0.6) is 17.2 Å². The summed E-state index contributed by atoms with van der Waals surface area (Å²) in [6.07, 6.45) is 0. The summed E-state index contributed by atoms with van der Waals surface area (Å²) in [5, 5.41) is 5.65. The van der Waals surface area contributed by atoms with Crippen molar-refractivity contribution >= 4 is 17.3 Å². The molecule has 2 aromatic rings. The number of halogens is 2. The van der Waals surface area contributed by atoms with Crippen LogP contribution in [0.25, 0.3) is 0 Å². The van der Waals surface area contributed by atoms with Gasteiger partial charge in [-0.1, -0.05) is 6.07 Å². The van der Waals surface area contributed by atoms with Crippen molar-refractivity contribution in [3.8, 4) is 17.2 Å². The lowest BCUT2D eigenvalue weighted by molar-refractivity contribution is -0.114. The number of benzene rings is 2. The van der Waals surface area contributed by atoms with Gasteiger partial charge in [-0.3, -0.25) is 4.79 Å². The Morgan fingerprint density at radius 2 is 1.88 bits per heavy atom. The van der Waals surface area contributed by atoms with Gasteiger partial charge in [0.1, 0.15) is 19.0 Å². The van der Waals surface area contributed by atoms with Crippen molar-refractivity contribution in [2.24, 2.45) is 0 Å². The molecule has 0 unspecified atom stereocenters. The monoisotopic (exact) mass is 350 g/mol. The van der Waals surface area contributed by atoms with Gasteiger partial charge in [0.25, 0.3) is 0 Å². The van der Waals surface area contributed by atoms with Crippen LogP contribution in [0.3, 0.4) is 0 Å². The summed E-state index contributed by atoms with van der Waals surface area (Å²) in [4.78, 5) is 12.0. The van der Waals surface area contributed by atoms with Gasteiger partial charge in [0.15, 0.2) is 11.5 Å². The molecule has 0 fully saturated rings. The van der Waals surface area contributed by atoms with Gasteiger partial charge in [0.05, 0.1) is 12.2 Å². The maximum absolute atomic E-state index is 12.1. The average Bonchev–Trinajstić information content (AvgIpc) is 2.61. The minimum atomic E-state index is -2.88. The molecule has 1 aliphatic heterocycles. The Bertz CT molecular complexity index is 738. The van der Waals surface area contributed by atoms with Gasteiger partial charge in [-0.05, 0) is 36.4 Å². The molecule has 1 heterocycles. The fourth-order valence-corrected chi connectivity index (χ4v) is 2.31. The van der Waals surface area contributed by atoms with E-state index < -0.39 is 6.61 Å². The molecule has 0 aromatic heterocycles. The summed E-state index contributed by atoms with van der Waals surface area (Å²) < 4.78 is 39.5. The smallest absolute Gasteiger partial charge is 0.387 e. The molecule has 0 aliphatic carbocycles. The second-order valence-electron chi connectivity index (χ2n) is 5.13. The van der Waals surface area contributed by atoms with E-state index in [1.165, 1.54) is 24.3 Å². The molecule has 0 bridgehead atoms. The molecule has 0 radical (unpaired) electrons. The van der Waals surface area contributed by atoms with Gasteiger partial charge in [0, 0.05) is 5.69 Å². The molecular weight excluding hydrogens is 334 g/mol. The number of ether oxygens (including phenoxy) is 3. The van der Waals surface area contributed by atoms with Crippen LogP contribution in [0.4, 0.5) is 20.2 Å². The van der Waals surface area contributed by atoms with E-state index in [1.807, 2.05) is 0 Å². The second-order valence-corrected chi connectivity index (χ2v) is 5.13. The van der Waals surface area contributed by atoms with E-state index in [1.54, 1.807) is 18.2 Å². The van der Waals surface area contributed by atoms with Gasteiger partial charge in [-0.2, -0.15) is 8.78 Å². The Balaban J connectivity index is 1.55. The first-order chi connectivity index (χ1) is 12.1. The highest BCUT2D eigenvalue weighted by Gasteiger charge is 2.16. The number of anilines is 2. The third kappa shape index (κ3) is 4.50. The van der Waals surface area contributed by atoms with Crippen molar-refractivity contribution in [1.29, 1.82) is 0 Å². The summed E-state index contributed by atoms with van der Waals surface area (Å²) in [6, 6.07) is 11.1. The molecular formula is C17H16F2N2O4. The van der Waals surface area contributed by atoms with Crippen LogP contribution in [-0.4, -0.2) is 32.3 Å². The number of hydrogen-bond acceptors (Lipinski definition) is 5. The summed E-state index contributed by atoms with van der Waals surface area (Å²) in [6.45, 7) is -1.94. The number of amides is 1. The van der Waals surface area contributed by atoms with Gasteiger partial charge in [-0.25, -0.2) is 0 Å². The number of alkyl halides is 2. The predicted molar refractivity (Wildman–Crippen MR) is 87.6 cm³/mol. The van der Waals surface area contributed by atoms with Crippen molar-refractivity contribution in [3.63, 3.8) is 0 Å². The molecule has 132 valence electrons. The Hall–Kier alpha value is -3.03. The van der Waals surface area contributed by atoms with Crippen molar-refractivity contribution in [3.05, 3.63) is 42.5 Å². The molecule has 0 atom stereocenters. The molecule has 2 aromatic carbocycles. The van der Waals surface area contributed by atoms with Gasteiger partial charge in [-0.15, -0.1) is 0 Å². The Morgan fingerprint density at radius 3 is 2.64 bits per heavy atom. The van der Waals surface area contributed by atoms with E-state index in [0.29, 0.717) is 36.1 Å². The first-order valence-electron chi connectivity index (χ1n) is 7.59. The lowest BCUT2D eigenvalue weighted by Gasteiger charge is -2.21. The maximum atomic E-state index is 12.1. The molecule has 6 nitrogen and oxygen atoms in total. The molecule has 0 saturated carbocycles. The maximum Gasteiger partial charge on any atom is 0.387 e. The van der Waals surface area contributed by atoms with Crippen LogP contribution in [0.15, 0.2) is 42.5 Å². The van der Waals surface area contributed by atoms with Gasteiger partial charge in [0.2, 0.25) is 5.91 Å². The number of carbonyl (C=O) groups is 1. The Morgan fingerprint density at radius 1 is 1.12 bits per heavy atom. The molecule has 8 heteroatoms. The van der Waals surface area contributed by atoms with Gasteiger partial charge < -0.3 is 24.8 Å². The van der Waals surface area contributed by atoms with Crippen LogP contribution in [0, 0.1) is 0 Å². The van der Waals surface area contributed by atoms with Crippen LogP contribution in [0.1, 0.15) is 0 Å². The molecule has 3 rings (SSSR count). The molecule has 25 heavy (non-hydrogen) atoms. The lowest BCUT2D eigenvalue weighted by atomic mass is 10.2. The van der Waals surface area contributed by atoms with E-state index in [-0.39, 0.29) is 18.2 Å². The number of hydrogen-bond donors (Lipinski definition) is 2. The van der Waals surface area contributed by atoms with E-state index in [2.05, 4.69) is 15.4 Å².